The monoisotopic (exact) mass is 168 g/mol. The zero-order chi connectivity index (χ0) is 7.68. The van der Waals surface area contributed by atoms with Gasteiger partial charge in [0.05, 0.1) is 12.4 Å². The summed E-state index contributed by atoms with van der Waals surface area (Å²) in [6.07, 6.45) is 5.98. The van der Waals surface area contributed by atoms with Gasteiger partial charge in [-0.3, -0.25) is 0 Å². The van der Waals surface area contributed by atoms with E-state index in [4.69, 9.17) is 17.0 Å². The molecule has 0 spiro atoms. The van der Waals surface area contributed by atoms with Crippen molar-refractivity contribution in [2.75, 3.05) is 0 Å². The van der Waals surface area contributed by atoms with E-state index in [9.17, 15) is 0 Å². The highest BCUT2D eigenvalue weighted by molar-refractivity contribution is 7.71. The highest BCUT2D eigenvalue weighted by atomic mass is 32.1. The lowest BCUT2D eigenvalue weighted by Crippen LogP contribution is -1.97. The van der Waals surface area contributed by atoms with E-state index in [1.165, 1.54) is 0 Å². The number of H-pyrrole nitrogens is 1. The van der Waals surface area contributed by atoms with Crippen LogP contribution >= 0.6 is 12.2 Å². The van der Waals surface area contributed by atoms with Crippen LogP contribution in [0.1, 0.15) is 12.8 Å². The molecule has 4 heteroatoms. The van der Waals surface area contributed by atoms with E-state index < -0.39 is 0 Å². The Hall–Kier alpha value is -0.900. The molecule has 58 valence electrons. The van der Waals surface area contributed by atoms with E-state index in [2.05, 4.69) is 9.97 Å². The van der Waals surface area contributed by atoms with Crippen LogP contribution in [0.15, 0.2) is 12.4 Å². The molecule has 1 aromatic heterocycles. The van der Waals surface area contributed by atoms with Gasteiger partial charge >= 0.3 is 0 Å². The summed E-state index contributed by atoms with van der Waals surface area (Å²) in [7, 11) is 0. The van der Waals surface area contributed by atoms with Crippen molar-refractivity contribution >= 4 is 12.2 Å². The first-order valence-electron chi connectivity index (χ1n) is 3.56. The molecule has 3 nitrogen and oxygen atoms in total. The smallest absolute Gasteiger partial charge is 0.230 e. The van der Waals surface area contributed by atoms with Crippen molar-refractivity contribution in [2.24, 2.45) is 0 Å². The third kappa shape index (κ3) is 1.77. The van der Waals surface area contributed by atoms with Crippen molar-refractivity contribution in [1.82, 2.24) is 9.97 Å². The molecule has 0 unspecified atom stereocenters. The minimum Gasteiger partial charge on any atom is -0.473 e. The first-order chi connectivity index (χ1) is 5.34. The Morgan fingerprint density at radius 1 is 1.64 bits per heavy atom. The average Bonchev–Trinajstić information content (AvgIpc) is 2.78. The van der Waals surface area contributed by atoms with Gasteiger partial charge in [0.15, 0.2) is 0 Å². The summed E-state index contributed by atoms with van der Waals surface area (Å²) >= 11 is 4.83. The van der Waals surface area contributed by atoms with E-state index in [1.54, 1.807) is 12.4 Å². The molecule has 0 aromatic carbocycles. The van der Waals surface area contributed by atoms with E-state index >= 15 is 0 Å². The number of hydrogen-bond acceptors (Lipinski definition) is 3. The summed E-state index contributed by atoms with van der Waals surface area (Å²) in [6, 6.07) is 0. The molecule has 0 bridgehead atoms. The van der Waals surface area contributed by atoms with E-state index in [0.717, 1.165) is 12.8 Å². The van der Waals surface area contributed by atoms with Crippen LogP contribution in [0.3, 0.4) is 0 Å². The van der Waals surface area contributed by atoms with Crippen molar-refractivity contribution in [3.8, 4) is 5.88 Å². The number of aromatic amines is 1. The molecule has 11 heavy (non-hydrogen) atoms. The second kappa shape index (κ2) is 2.62. The summed E-state index contributed by atoms with van der Waals surface area (Å²) in [5.74, 6) is 0.640. The number of rotatable bonds is 2. The minimum atomic E-state index is 0.395. The van der Waals surface area contributed by atoms with Gasteiger partial charge in [0.1, 0.15) is 10.7 Å². The predicted molar refractivity (Wildman–Crippen MR) is 43.1 cm³/mol. The third-order valence-electron chi connectivity index (χ3n) is 1.46. The van der Waals surface area contributed by atoms with Crippen molar-refractivity contribution in [2.45, 2.75) is 18.9 Å². The van der Waals surface area contributed by atoms with Crippen LogP contribution in [-0.2, 0) is 0 Å². The van der Waals surface area contributed by atoms with Crippen molar-refractivity contribution < 1.29 is 4.74 Å². The van der Waals surface area contributed by atoms with Crippen LogP contribution in [0.4, 0.5) is 0 Å². The first-order valence-corrected chi connectivity index (χ1v) is 3.97. The molecule has 0 atom stereocenters. The van der Waals surface area contributed by atoms with Gasteiger partial charge in [-0.2, -0.15) is 0 Å². The zero-order valence-corrected chi connectivity index (χ0v) is 6.73. The van der Waals surface area contributed by atoms with Crippen LogP contribution in [0, 0.1) is 4.64 Å². The third-order valence-corrected chi connectivity index (χ3v) is 1.68. The molecule has 1 aliphatic carbocycles. The molecule has 0 aliphatic heterocycles. The second-order valence-corrected chi connectivity index (χ2v) is 3.01. The van der Waals surface area contributed by atoms with E-state index in [1.807, 2.05) is 0 Å². The molecular weight excluding hydrogens is 160 g/mol. The Kier molecular flexibility index (Phi) is 1.62. The number of aromatic nitrogens is 2. The predicted octanol–water partition coefficient (Wildman–Crippen LogP) is 1.68. The van der Waals surface area contributed by atoms with Gasteiger partial charge in [-0.25, -0.2) is 4.98 Å². The number of nitrogens with zero attached hydrogens (tertiary/aromatic N) is 1. The molecule has 2 rings (SSSR count). The Balaban J connectivity index is 2.11. The number of hydrogen-bond donors (Lipinski definition) is 1. The Morgan fingerprint density at radius 3 is 3.00 bits per heavy atom. The van der Waals surface area contributed by atoms with Crippen molar-refractivity contribution in [3.05, 3.63) is 17.0 Å². The van der Waals surface area contributed by atoms with Crippen LogP contribution in [0.5, 0.6) is 5.88 Å². The Bertz CT molecular complexity index is 285. The maximum absolute atomic E-state index is 5.39. The van der Waals surface area contributed by atoms with Crippen LogP contribution in [-0.4, -0.2) is 16.1 Å². The van der Waals surface area contributed by atoms with Gasteiger partial charge in [-0.15, -0.1) is 0 Å². The maximum Gasteiger partial charge on any atom is 0.230 e. The molecule has 0 radical (unpaired) electrons. The normalized spacial score (nSPS) is 16.4. The highest BCUT2D eigenvalue weighted by Gasteiger charge is 2.23. The lowest BCUT2D eigenvalue weighted by molar-refractivity contribution is 0.289. The summed E-state index contributed by atoms with van der Waals surface area (Å²) in [4.78, 5) is 6.86. The standard InChI is InChI=1S/C7H8N2OS/c11-7-4-8-6(3-9-7)10-5-1-2-5/h3-5H,1-2H2,(H,9,11). The second-order valence-electron chi connectivity index (χ2n) is 2.57. The topological polar surface area (TPSA) is 37.9 Å². The molecular formula is C7H8N2OS. The Labute approximate surface area is 69.4 Å². The van der Waals surface area contributed by atoms with Gasteiger partial charge in [0.25, 0.3) is 0 Å². The Morgan fingerprint density at radius 2 is 2.45 bits per heavy atom. The van der Waals surface area contributed by atoms with Crippen LogP contribution < -0.4 is 4.74 Å². The first kappa shape index (κ1) is 6.79. The largest absolute Gasteiger partial charge is 0.473 e. The van der Waals surface area contributed by atoms with Crippen molar-refractivity contribution in [3.63, 3.8) is 0 Å². The van der Waals surface area contributed by atoms with E-state index in [0.29, 0.717) is 16.6 Å². The van der Waals surface area contributed by atoms with Gasteiger partial charge in [0, 0.05) is 0 Å². The maximum atomic E-state index is 5.39. The molecule has 1 saturated carbocycles. The van der Waals surface area contributed by atoms with Gasteiger partial charge in [-0.05, 0) is 12.8 Å². The van der Waals surface area contributed by atoms with Crippen LogP contribution in [0.2, 0.25) is 0 Å². The number of nitrogens with one attached hydrogen (secondary N) is 1. The van der Waals surface area contributed by atoms with Crippen molar-refractivity contribution in [1.29, 1.82) is 0 Å². The molecule has 1 aliphatic rings. The zero-order valence-electron chi connectivity index (χ0n) is 5.91. The fraction of sp³-hybridized carbons (Fsp3) is 0.429. The quantitative estimate of drug-likeness (QED) is 0.683. The molecule has 0 amide bonds. The molecule has 1 N–H and O–H groups in total. The lowest BCUT2D eigenvalue weighted by atomic mass is 10.7. The van der Waals surface area contributed by atoms with Gasteiger partial charge in [-0.1, -0.05) is 12.2 Å². The fourth-order valence-electron chi connectivity index (χ4n) is 0.751. The number of ether oxygens (including phenoxy) is 1. The molecule has 1 heterocycles. The summed E-state index contributed by atoms with van der Waals surface area (Å²) < 4.78 is 6.02. The van der Waals surface area contributed by atoms with Gasteiger partial charge in [0.2, 0.25) is 5.88 Å². The molecule has 1 aromatic rings. The highest BCUT2D eigenvalue weighted by Crippen LogP contribution is 2.24. The molecule has 0 saturated heterocycles. The lowest BCUT2D eigenvalue weighted by Gasteiger charge is -2.00. The van der Waals surface area contributed by atoms with Crippen LogP contribution in [0.25, 0.3) is 0 Å². The summed E-state index contributed by atoms with van der Waals surface area (Å²) in [6.45, 7) is 0. The fourth-order valence-corrected chi connectivity index (χ4v) is 0.862. The minimum absolute atomic E-state index is 0.395. The summed E-state index contributed by atoms with van der Waals surface area (Å²) in [5.41, 5.74) is 0. The SMILES string of the molecule is S=c1cnc(OC2CC2)c[nH]1. The molecule has 1 fully saturated rings. The van der Waals surface area contributed by atoms with Gasteiger partial charge < -0.3 is 9.72 Å². The average molecular weight is 168 g/mol. The summed E-state index contributed by atoms with van der Waals surface area (Å²) in [5, 5.41) is 0. The van der Waals surface area contributed by atoms with E-state index in [-0.39, 0.29) is 0 Å².